The first-order valence-electron chi connectivity index (χ1n) is 12.5. The van der Waals surface area contributed by atoms with Crippen LogP contribution in [0.15, 0.2) is 65.0 Å². The predicted molar refractivity (Wildman–Crippen MR) is 139 cm³/mol. The van der Waals surface area contributed by atoms with Crippen LogP contribution in [0, 0.1) is 23.7 Å². The van der Waals surface area contributed by atoms with Gasteiger partial charge in [-0.2, -0.15) is 0 Å². The zero-order chi connectivity index (χ0) is 25.1. The summed E-state index contributed by atoms with van der Waals surface area (Å²) in [5.74, 6) is -1.14. The number of phenolic OH excluding ortho intramolecular Hbond substituents is 1. The van der Waals surface area contributed by atoms with E-state index in [4.69, 9.17) is 4.65 Å². The number of rotatable bonds is 4. The largest absolute Gasteiger partial charge is 0.507 e. The molecule has 0 radical (unpaired) electrons. The molecule has 8 heteroatoms. The molecule has 1 aromatic heterocycles. The zero-order valence-electron chi connectivity index (χ0n) is 20.3. The van der Waals surface area contributed by atoms with Crippen LogP contribution in [-0.2, 0) is 20.8 Å². The minimum Gasteiger partial charge on any atom is -0.507 e. The topological polar surface area (TPSA) is 87.1 Å². The zero-order valence-corrected chi connectivity index (χ0v) is 21.1. The third kappa shape index (κ3) is 3.62. The summed E-state index contributed by atoms with van der Waals surface area (Å²) in [5, 5.41) is 25.2. The van der Waals surface area contributed by atoms with E-state index in [0.29, 0.717) is 24.8 Å². The molecule has 36 heavy (non-hydrogen) atoms. The monoisotopic (exact) mass is 501 g/mol. The van der Waals surface area contributed by atoms with Crippen LogP contribution in [-0.4, -0.2) is 34.0 Å². The number of hydrogen-bond acceptors (Lipinski definition) is 6. The van der Waals surface area contributed by atoms with Crippen molar-refractivity contribution in [1.82, 2.24) is 4.90 Å². The SMILES string of the molecule is CC(C)C1=C2B(O)O[C@H](c3ccc(O)c4ccccc34)C[C@H]2[C@H]2C(=O)N(Cc3cccs3)C(=O)[C@H]2C1. The fraction of sp³-hybridized carbons (Fsp3) is 0.357. The highest BCUT2D eigenvalue weighted by molar-refractivity contribution is 7.09. The van der Waals surface area contributed by atoms with Crippen LogP contribution in [0.1, 0.15) is 43.2 Å². The summed E-state index contributed by atoms with van der Waals surface area (Å²) in [5.41, 5.74) is 2.67. The Labute approximate surface area is 214 Å². The summed E-state index contributed by atoms with van der Waals surface area (Å²) in [4.78, 5) is 29.7. The molecule has 2 saturated heterocycles. The molecule has 6 nitrogen and oxygen atoms in total. The van der Waals surface area contributed by atoms with Gasteiger partial charge in [0.1, 0.15) is 5.75 Å². The summed E-state index contributed by atoms with van der Waals surface area (Å²) >= 11 is 1.54. The Morgan fingerprint density at radius 2 is 1.83 bits per heavy atom. The van der Waals surface area contributed by atoms with Crippen LogP contribution in [0.5, 0.6) is 5.75 Å². The molecule has 3 aromatic rings. The van der Waals surface area contributed by atoms with Gasteiger partial charge in [-0.15, -0.1) is 11.3 Å². The molecular weight excluding hydrogens is 473 g/mol. The number of fused-ring (bicyclic) bond motifs is 4. The van der Waals surface area contributed by atoms with Crippen molar-refractivity contribution >= 4 is 41.0 Å². The standard InChI is InChI=1S/C28H28BNO5S/c1-15(2)20-12-22-25(28(33)30(27(22)32)14-16-6-5-11-36-16)21-13-24(35-29(34)26(20)21)19-9-10-23(31)18-8-4-3-7-17(18)19/h3-11,15,21-22,24-25,31,34H,12-14H2,1-2H3/t21-,22-,24-,25+/m0/s1. The van der Waals surface area contributed by atoms with Gasteiger partial charge in [0.2, 0.25) is 11.8 Å². The summed E-state index contributed by atoms with van der Waals surface area (Å²) in [6.45, 7) is 4.43. The fourth-order valence-corrected chi connectivity index (χ4v) is 7.16. The molecule has 1 aliphatic carbocycles. The number of aromatic hydroxyl groups is 1. The van der Waals surface area contributed by atoms with Crippen molar-refractivity contribution in [3.8, 4) is 5.75 Å². The summed E-state index contributed by atoms with van der Waals surface area (Å²) in [6, 6.07) is 14.9. The maximum atomic E-state index is 13.7. The van der Waals surface area contributed by atoms with Crippen molar-refractivity contribution in [2.75, 3.05) is 0 Å². The van der Waals surface area contributed by atoms with Gasteiger partial charge in [0, 0.05) is 10.3 Å². The van der Waals surface area contributed by atoms with Gasteiger partial charge < -0.3 is 14.8 Å². The van der Waals surface area contributed by atoms with Crippen LogP contribution in [0.25, 0.3) is 10.8 Å². The molecule has 0 bridgehead atoms. The Morgan fingerprint density at radius 3 is 2.56 bits per heavy atom. The van der Waals surface area contributed by atoms with E-state index in [-0.39, 0.29) is 29.4 Å². The lowest BCUT2D eigenvalue weighted by atomic mass is 9.54. The third-order valence-corrected chi connectivity index (χ3v) is 8.97. The van der Waals surface area contributed by atoms with E-state index < -0.39 is 25.1 Å². The number of amides is 2. The highest BCUT2D eigenvalue weighted by atomic mass is 32.1. The molecule has 6 rings (SSSR count). The van der Waals surface area contributed by atoms with E-state index in [1.807, 2.05) is 47.8 Å². The number of thiophene rings is 1. The second-order valence-corrected chi connectivity index (χ2v) is 11.4. The minimum atomic E-state index is -1.14. The minimum absolute atomic E-state index is 0.108. The normalized spacial score (nSPS) is 26.2. The number of imide groups is 1. The average molecular weight is 501 g/mol. The maximum absolute atomic E-state index is 13.7. The highest BCUT2D eigenvalue weighted by Gasteiger charge is 2.58. The van der Waals surface area contributed by atoms with E-state index in [0.717, 1.165) is 26.9 Å². The summed E-state index contributed by atoms with van der Waals surface area (Å²) in [7, 11) is -1.14. The molecule has 0 spiro atoms. The van der Waals surface area contributed by atoms with Crippen molar-refractivity contribution in [3.63, 3.8) is 0 Å². The van der Waals surface area contributed by atoms with Gasteiger partial charge in [0.05, 0.1) is 24.5 Å². The van der Waals surface area contributed by atoms with E-state index >= 15 is 0 Å². The molecule has 2 fully saturated rings. The van der Waals surface area contributed by atoms with Crippen LogP contribution in [0.4, 0.5) is 0 Å². The molecule has 0 saturated carbocycles. The first-order valence-corrected chi connectivity index (χ1v) is 13.4. The quantitative estimate of drug-likeness (QED) is 0.394. The number of nitrogens with zero attached hydrogens (tertiary/aromatic N) is 1. The molecular formula is C28H28BNO5S. The average Bonchev–Trinajstić information content (AvgIpc) is 3.46. The number of carbonyl (C=O) groups excluding carboxylic acids is 2. The van der Waals surface area contributed by atoms with Crippen molar-refractivity contribution in [3.05, 3.63) is 75.4 Å². The van der Waals surface area contributed by atoms with Crippen molar-refractivity contribution < 1.29 is 24.4 Å². The number of phenols is 1. The number of allylic oxidation sites excluding steroid dienone is 2. The Kier molecular flexibility index (Phi) is 5.78. The van der Waals surface area contributed by atoms with Crippen molar-refractivity contribution in [2.24, 2.45) is 23.7 Å². The predicted octanol–water partition coefficient (Wildman–Crippen LogP) is 4.86. The van der Waals surface area contributed by atoms with Crippen LogP contribution < -0.4 is 0 Å². The van der Waals surface area contributed by atoms with Gasteiger partial charge in [-0.1, -0.05) is 55.8 Å². The van der Waals surface area contributed by atoms with Crippen LogP contribution in [0.2, 0.25) is 0 Å². The molecule has 2 N–H and O–H groups in total. The fourth-order valence-electron chi connectivity index (χ4n) is 6.47. The number of benzene rings is 2. The maximum Gasteiger partial charge on any atom is 0.487 e. The van der Waals surface area contributed by atoms with Gasteiger partial charge in [-0.3, -0.25) is 14.5 Å². The molecule has 2 amide bonds. The Morgan fingerprint density at radius 1 is 1.06 bits per heavy atom. The molecule has 2 aromatic carbocycles. The Bertz CT molecular complexity index is 1380. The highest BCUT2D eigenvalue weighted by Crippen LogP contribution is 2.53. The molecule has 2 aliphatic heterocycles. The van der Waals surface area contributed by atoms with Gasteiger partial charge in [0.25, 0.3) is 0 Å². The smallest absolute Gasteiger partial charge is 0.487 e. The molecule has 0 unspecified atom stereocenters. The van der Waals surface area contributed by atoms with Crippen molar-refractivity contribution in [2.45, 2.75) is 39.3 Å². The molecule has 184 valence electrons. The first kappa shape index (κ1) is 23.5. The van der Waals surface area contributed by atoms with Gasteiger partial charge >= 0.3 is 7.12 Å². The second-order valence-electron chi connectivity index (χ2n) is 10.4. The van der Waals surface area contributed by atoms with E-state index in [1.54, 1.807) is 6.07 Å². The first-order chi connectivity index (χ1) is 17.3. The molecule has 3 aliphatic rings. The van der Waals surface area contributed by atoms with Gasteiger partial charge in [-0.25, -0.2) is 0 Å². The lowest BCUT2D eigenvalue weighted by Crippen LogP contribution is -2.45. The van der Waals surface area contributed by atoms with Crippen molar-refractivity contribution in [1.29, 1.82) is 0 Å². The second kappa shape index (κ2) is 8.87. The van der Waals surface area contributed by atoms with E-state index in [2.05, 4.69) is 13.8 Å². The lowest BCUT2D eigenvalue weighted by Gasteiger charge is -2.43. The Balaban J connectivity index is 1.41. The number of hydrogen-bond donors (Lipinski definition) is 2. The summed E-state index contributed by atoms with van der Waals surface area (Å²) in [6.07, 6.45) is 0.498. The van der Waals surface area contributed by atoms with Gasteiger partial charge in [0.15, 0.2) is 0 Å². The number of carbonyl (C=O) groups is 2. The third-order valence-electron chi connectivity index (χ3n) is 8.11. The molecule has 4 atom stereocenters. The number of likely N-dealkylation sites (tertiary alicyclic amines) is 1. The van der Waals surface area contributed by atoms with Gasteiger partial charge in [-0.05, 0) is 58.6 Å². The van der Waals surface area contributed by atoms with E-state index in [9.17, 15) is 19.7 Å². The molecule has 3 heterocycles. The summed E-state index contributed by atoms with van der Waals surface area (Å²) < 4.78 is 6.20. The van der Waals surface area contributed by atoms with Crippen LogP contribution >= 0.6 is 11.3 Å². The lowest BCUT2D eigenvalue weighted by molar-refractivity contribution is -0.140. The van der Waals surface area contributed by atoms with Crippen LogP contribution in [0.3, 0.4) is 0 Å². The van der Waals surface area contributed by atoms with E-state index in [1.165, 1.54) is 16.2 Å². The Hall–Kier alpha value is -2.94.